The maximum atomic E-state index is 12.6. The Labute approximate surface area is 343 Å². The summed E-state index contributed by atoms with van der Waals surface area (Å²) < 4.78 is 33.8. The molecule has 0 amide bonds. The lowest BCUT2D eigenvalue weighted by Gasteiger charge is -2.28. The number of likely N-dealkylation sites (N-methyl/N-ethyl adjacent to an activating group) is 1. The van der Waals surface area contributed by atoms with Crippen LogP contribution in [0.25, 0.3) is 0 Å². The summed E-state index contributed by atoms with van der Waals surface area (Å²) in [6, 6.07) is 0. The molecule has 0 spiro atoms. The number of unbranched alkanes of at least 4 members (excludes halogenated alkanes) is 15. The minimum Gasteiger partial charge on any atom is -0.756 e. The number of hydrogen-bond acceptors (Lipinski definition) is 8. The van der Waals surface area contributed by atoms with Gasteiger partial charge in [0.15, 0.2) is 6.10 Å². The quantitative estimate of drug-likeness (QED) is 0.0198. The first-order valence-corrected chi connectivity index (χ1v) is 23.5. The first-order chi connectivity index (χ1) is 27.0. The van der Waals surface area contributed by atoms with Gasteiger partial charge in [0, 0.05) is 12.8 Å². The van der Waals surface area contributed by atoms with Crippen molar-refractivity contribution in [3.05, 3.63) is 60.8 Å². The zero-order valence-electron chi connectivity index (χ0n) is 36.3. The molecule has 2 atom stereocenters. The third-order valence-corrected chi connectivity index (χ3v) is 9.99. The summed E-state index contributed by atoms with van der Waals surface area (Å²) in [5, 5.41) is 0. The molecule has 0 aromatic heterocycles. The van der Waals surface area contributed by atoms with Crippen molar-refractivity contribution < 1.29 is 42.1 Å². The lowest BCUT2D eigenvalue weighted by molar-refractivity contribution is -0.870. The number of quaternary nitrogens is 1. The maximum Gasteiger partial charge on any atom is 0.306 e. The number of esters is 2. The summed E-state index contributed by atoms with van der Waals surface area (Å²) in [7, 11) is 1.11. The van der Waals surface area contributed by atoms with Gasteiger partial charge in [-0.1, -0.05) is 152 Å². The number of nitrogens with zero attached hydrogens (tertiary/aromatic N) is 1. The third-order valence-electron chi connectivity index (χ3n) is 9.02. The molecule has 324 valence electrons. The lowest BCUT2D eigenvalue weighted by Crippen LogP contribution is -2.37. The van der Waals surface area contributed by atoms with Gasteiger partial charge < -0.3 is 27.9 Å². The van der Waals surface area contributed by atoms with Gasteiger partial charge in [-0.15, -0.1) is 0 Å². The van der Waals surface area contributed by atoms with Crippen LogP contribution in [0.2, 0.25) is 0 Å². The number of carbonyl (C=O) groups is 2. The normalized spacial score (nSPS) is 14.2. The Bertz CT molecular complexity index is 1140. The van der Waals surface area contributed by atoms with Crippen molar-refractivity contribution in [1.82, 2.24) is 0 Å². The summed E-state index contributed by atoms with van der Waals surface area (Å²) in [5.41, 5.74) is 0. The van der Waals surface area contributed by atoms with E-state index < -0.39 is 32.5 Å². The molecule has 56 heavy (non-hydrogen) atoms. The van der Waals surface area contributed by atoms with Crippen LogP contribution in [-0.2, 0) is 32.7 Å². The predicted octanol–water partition coefficient (Wildman–Crippen LogP) is 11.8. The molecule has 0 saturated heterocycles. The van der Waals surface area contributed by atoms with E-state index in [1.54, 1.807) is 0 Å². The van der Waals surface area contributed by atoms with Crippen LogP contribution >= 0.6 is 7.82 Å². The van der Waals surface area contributed by atoms with Gasteiger partial charge in [0.05, 0.1) is 27.7 Å². The number of hydrogen-bond donors (Lipinski definition) is 0. The monoisotopic (exact) mass is 808 g/mol. The average Bonchev–Trinajstić information content (AvgIpc) is 3.15. The fourth-order valence-electron chi connectivity index (χ4n) is 5.55. The number of allylic oxidation sites excluding steroid dienone is 10. The Hall–Kier alpha value is -2.29. The molecule has 0 N–H and O–H groups in total. The van der Waals surface area contributed by atoms with E-state index in [1.807, 2.05) is 33.3 Å². The summed E-state index contributed by atoms with van der Waals surface area (Å²) in [4.78, 5) is 37.5. The second kappa shape index (κ2) is 38.2. The number of phosphoric acid groups is 1. The van der Waals surface area contributed by atoms with E-state index in [0.29, 0.717) is 23.9 Å². The molecule has 1 unspecified atom stereocenters. The fourth-order valence-corrected chi connectivity index (χ4v) is 6.27. The van der Waals surface area contributed by atoms with E-state index in [9.17, 15) is 19.0 Å². The van der Waals surface area contributed by atoms with Crippen molar-refractivity contribution in [2.75, 3.05) is 47.5 Å². The lowest BCUT2D eigenvalue weighted by atomic mass is 10.1. The molecule has 0 fully saturated rings. The molecule has 10 heteroatoms. The number of carbonyl (C=O) groups excluding carboxylic acids is 2. The maximum absolute atomic E-state index is 12.6. The summed E-state index contributed by atoms with van der Waals surface area (Å²) in [6.45, 7) is 4.08. The molecule has 0 aliphatic carbocycles. The summed E-state index contributed by atoms with van der Waals surface area (Å²) >= 11 is 0. The zero-order valence-corrected chi connectivity index (χ0v) is 37.2. The highest BCUT2D eigenvalue weighted by Crippen LogP contribution is 2.38. The van der Waals surface area contributed by atoms with Gasteiger partial charge in [-0.25, -0.2) is 0 Å². The predicted molar refractivity (Wildman–Crippen MR) is 231 cm³/mol. The molecule has 0 aromatic carbocycles. The van der Waals surface area contributed by atoms with E-state index in [4.69, 9.17) is 18.5 Å². The highest BCUT2D eigenvalue weighted by atomic mass is 31.2. The Balaban J connectivity index is 4.50. The van der Waals surface area contributed by atoms with Gasteiger partial charge in [0.2, 0.25) is 0 Å². The molecular weight excluding hydrogens is 725 g/mol. The van der Waals surface area contributed by atoms with E-state index in [1.165, 1.54) is 89.9 Å². The molecule has 0 heterocycles. The summed E-state index contributed by atoms with van der Waals surface area (Å²) in [6.07, 6.45) is 45.5. The Morgan fingerprint density at radius 2 is 1.00 bits per heavy atom. The van der Waals surface area contributed by atoms with Crippen molar-refractivity contribution in [2.45, 2.75) is 174 Å². The van der Waals surface area contributed by atoms with E-state index in [0.717, 1.165) is 38.5 Å². The molecule has 0 aliphatic rings. The summed E-state index contributed by atoms with van der Waals surface area (Å²) in [5.74, 6) is -0.960. The van der Waals surface area contributed by atoms with Crippen LogP contribution in [0.5, 0.6) is 0 Å². The highest BCUT2D eigenvalue weighted by Gasteiger charge is 2.21. The van der Waals surface area contributed by atoms with E-state index in [-0.39, 0.29) is 26.1 Å². The zero-order chi connectivity index (χ0) is 41.4. The Kier molecular flexibility index (Phi) is 36.7. The second-order valence-corrected chi connectivity index (χ2v) is 17.1. The van der Waals surface area contributed by atoms with Gasteiger partial charge >= 0.3 is 11.9 Å². The molecule has 0 rings (SSSR count). The fraction of sp³-hybridized carbons (Fsp3) is 0.739. The first-order valence-electron chi connectivity index (χ1n) is 22.0. The van der Waals surface area contributed by atoms with Gasteiger partial charge in [-0.3, -0.25) is 14.2 Å². The van der Waals surface area contributed by atoms with Gasteiger partial charge in [0.25, 0.3) is 7.82 Å². The van der Waals surface area contributed by atoms with Crippen LogP contribution in [0.15, 0.2) is 60.8 Å². The van der Waals surface area contributed by atoms with Crippen molar-refractivity contribution in [1.29, 1.82) is 0 Å². The molecular formula is C46H82NO8P. The Morgan fingerprint density at radius 1 is 0.554 bits per heavy atom. The van der Waals surface area contributed by atoms with Crippen LogP contribution in [0.4, 0.5) is 0 Å². The van der Waals surface area contributed by atoms with Crippen LogP contribution in [0, 0.1) is 0 Å². The first kappa shape index (κ1) is 53.7. The molecule has 0 aromatic rings. The number of rotatable bonds is 39. The molecule has 0 aliphatic heterocycles. The smallest absolute Gasteiger partial charge is 0.306 e. The van der Waals surface area contributed by atoms with Crippen LogP contribution in [-0.4, -0.2) is 70.0 Å². The van der Waals surface area contributed by atoms with Gasteiger partial charge in [-0.05, 0) is 64.2 Å². The topological polar surface area (TPSA) is 111 Å². The highest BCUT2D eigenvalue weighted by molar-refractivity contribution is 7.45. The number of ether oxygens (including phenoxy) is 2. The Morgan fingerprint density at radius 3 is 1.55 bits per heavy atom. The second-order valence-electron chi connectivity index (χ2n) is 15.7. The van der Waals surface area contributed by atoms with Crippen LogP contribution in [0.3, 0.4) is 0 Å². The molecule has 0 radical (unpaired) electrons. The van der Waals surface area contributed by atoms with E-state index >= 15 is 0 Å². The van der Waals surface area contributed by atoms with Crippen LogP contribution < -0.4 is 4.89 Å². The van der Waals surface area contributed by atoms with Crippen molar-refractivity contribution in [3.8, 4) is 0 Å². The molecule has 9 nitrogen and oxygen atoms in total. The third kappa shape index (κ3) is 41.3. The van der Waals surface area contributed by atoms with Crippen molar-refractivity contribution in [2.24, 2.45) is 0 Å². The van der Waals surface area contributed by atoms with Crippen LogP contribution in [0.1, 0.15) is 168 Å². The average molecular weight is 808 g/mol. The van der Waals surface area contributed by atoms with Crippen molar-refractivity contribution in [3.63, 3.8) is 0 Å². The van der Waals surface area contributed by atoms with E-state index in [2.05, 4.69) is 62.5 Å². The van der Waals surface area contributed by atoms with Gasteiger partial charge in [-0.2, -0.15) is 0 Å². The minimum absolute atomic E-state index is 0.0469. The minimum atomic E-state index is -4.65. The molecule has 0 bridgehead atoms. The van der Waals surface area contributed by atoms with Gasteiger partial charge in [0.1, 0.15) is 19.8 Å². The molecule has 0 saturated carbocycles. The largest absolute Gasteiger partial charge is 0.756 e. The number of phosphoric ester groups is 1. The SMILES string of the molecule is CCCCC/C=C/C/C=C/C/C=C/C/C=C/CCCC(=O)OC[C@H](COP(=O)([O-])OCC[N+](C)(C)C)OC(=O)CC/C=C/CCCCCCCCCCCCC. The van der Waals surface area contributed by atoms with Crippen molar-refractivity contribution >= 4 is 19.8 Å². The standard InChI is InChI=1S/C46H82NO8P/c1-6-8-10-12-14-16-18-20-22-23-25-26-28-30-32-34-36-38-45(48)52-42-44(43-54-56(50,51)53-41-40-47(3,4)5)55-46(49)39-37-35-33-31-29-27-24-21-19-17-15-13-11-9-7-2/h14,16,20,22,25-26,30,32-33,35,44H,6-13,15,17-19,21,23-24,27-29,31,34,36-43H2,1-5H3/b16-14+,22-20+,26-25+,32-30+,35-33+/t44-/m1/s1.